The van der Waals surface area contributed by atoms with Gasteiger partial charge in [0.2, 0.25) is 9.37 Å². The first-order chi connectivity index (χ1) is 16.9. The normalized spacial score (nSPS) is 20.6. The minimum atomic E-state index is -1.12. The lowest BCUT2D eigenvalue weighted by molar-refractivity contribution is -0.132. The van der Waals surface area contributed by atoms with Crippen LogP contribution in [0.1, 0.15) is 11.1 Å². The maximum absolute atomic E-state index is 13.9. The molecular formula is C26H20ClN3O3S2. The molecule has 0 aliphatic carbocycles. The number of carbonyl (C=O) groups excluding carboxylic acids is 2. The Kier molecular flexibility index (Phi) is 6.35. The van der Waals surface area contributed by atoms with E-state index in [1.807, 2.05) is 79.7 Å². The van der Waals surface area contributed by atoms with E-state index in [0.29, 0.717) is 21.3 Å². The van der Waals surface area contributed by atoms with Gasteiger partial charge in [0.05, 0.1) is 17.7 Å². The van der Waals surface area contributed by atoms with Crippen LogP contribution < -0.4 is 9.91 Å². The van der Waals surface area contributed by atoms with Gasteiger partial charge in [0, 0.05) is 10.7 Å². The summed E-state index contributed by atoms with van der Waals surface area (Å²) in [6, 6.07) is 24.4. The molecule has 0 saturated carbocycles. The number of nitrogens with zero attached hydrogens (tertiary/aromatic N) is 3. The molecule has 3 aromatic rings. The van der Waals surface area contributed by atoms with E-state index in [-0.39, 0.29) is 11.0 Å². The number of rotatable bonds is 4. The lowest BCUT2D eigenvalue weighted by Gasteiger charge is -2.38. The van der Waals surface area contributed by atoms with Crippen LogP contribution in [0.3, 0.4) is 0 Å². The van der Waals surface area contributed by atoms with E-state index in [0.717, 1.165) is 11.1 Å². The van der Waals surface area contributed by atoms with Crippen molar-refractivity contribution >= 4 is 69.5 Å². The number of thioether (sulfide) groups is 2. The number of halogens is 1. The second-order valence-corrected chi connectivity index (χ2v) is 10.9. The van der Waals surface area contributed by atoms with Crippen molar-refractivity contribution < 1.29 is 14.3 Å². The molecule has 2 heterocycles. The first-order valence-electron chi connectivity index (χ1n) is 10.7. The molecule has 35 heavy (non-hydrogen) atoms. The number of para-hydroxylation sites is 1. The average Bonchev–Trinajstić information content (AvgIpc) is 3.38. The van der Waals surface area contributed by atoms with Gasteiger partial charge in [-0.3, -0.25) is 9.69 Å². The number of methoxy groups -OCH3 is 1. The number of amides is 1. The zero-order valence-corrected chi connectivity index (χ0v) is 21.2. The van der Waals surface area contributed by atoms with Gasteiger partial charge in [-0.25, -0.2) is 9.80 Å². The second-order valence-electron chi connectivity index (χ2n) is 7.83. The van der Waals surface area contributed by atoms with Gasteiger partial charge < -0.3 is 4.74 Å². The minimum Gasteiger partial charge on any atom is -0.464 e. The zero-order chi connectivity index (χ0) is 24.6. The van der Waals surface area contributed by atoms with Gasteiger partial charge in [0.25, 0.3) is 5.91 Å². The summed E-state index contributed by atoms with van der Waals surface area (Å²) >= 11 is 8.65. The van der Waals surface area contributed by atoms with Crippen molar-refractivity contribution in [2.45, 2.75) is 11.3 Å². The highest BCUT2D eigenvalue weighted by molar-refractivity contribution is 8.29. The third-order valence-corrected chi connectivity index (χ3v) is 8.40. The van der Waals surface area contributed by atoms with E-state index < -0.39 is 10.3 Å². The molecule has 2 aliphatic rings. The summed E-state index contributed by atoms with van der Waals surface area (Å²) < 4.78 is 3.86. The van der Waals surface area contributed by atoms with Crippen LogP contribution >= 0.6 is 35.1 Å². The monoisotopic (exact) mass is 521 g/mol. The SMILES string of the molecule is COC(=O)C1=NN(c2ccc(Cl)cc2)[C@]2(S1)S/C(=C\c1ccc(C)cc1)C(=O)N2c1ccccc1. The van der Waals surface area contributed by atoms with Crippen molar-refractivity contribution in [1.82, 2.24) is 0 Å². The molecule has 176 valence electrons. The molecule has 1 saturated heterocycles. The summed E-state index contributed by atoms with van der Waals surface area (Å²) in [4.78, 5) is 28.7. The Labute approximate surface area is 216 Å². The number of benzene rings is 3. The van der Waals surface area contributed by atoms with Crippen LogP contribution in [0.2, 0.25) is 5.02 Å². The molecule has 3 aromatic carbocycles. The van der Waals surface area contributed by atoms with Crippen LogP contribution in [0.4, 0.5) is 11.4 Å². The third kappa shape index (κ3) is 4.33. The number of ether oxygens (including phenoxy) is 1. The largest absolute Gasteiger partial charge is 0.464 e. The first kappa shape index (κ1) is 23.5. The van der Waals surface area contributed by atoms with Crippen molar-refractivity contribution in [2.75, 3.05) is 17.0 Å². The number of anilines is 2. The van der Waals surface area contributed by atoms with Gasteiger partial charge in [-0.2, -0.15) is 5.10 Å². The number of hydrazone groups is 1. The molecule has 1 amide bonds. The first-order valence-corrected chi connectivity index (χ1v) is 12.7. The van der Waals surface area contributed by atoms with Crippen molar-refractivity contribution in [3.63, 3.8) is 0 Å². The van der Waals surface area contributed by atoms with Crippen LogP contribution in [0.15, 0.2) is 88.9 Å². The highest BCUT2D eigenvalue weighted by Crippen LogP contribution is 2.59. The smallest absolute Gasteiger partial charge is 0.365 e. The molecule has 0 N–H and O–H groups in total. The molecular weight excluding hydrogens is 502 g/mol. The molecule has 5 rings (SSSR count). The van der Waals surface area contributed by atoms with Crippen molar-refractivity contribution in [2.24, 2.45) is 5.10 Å². The summed E-state index contributed by atoms with van der Waals surface area (Å²) in [5.74, 6) is -0.752. The van der Waals surface area contributed by atoms with Crippen LogP contribution in [0.5, 0.6) is 0 Å². The lowest BCUT2D eigenvalue weighted by atomic mass is 10.1. The maximum atomic E-state index is 13.9. The van der Waals surface area contributed by atoms with Gasteiger partial charge in [0.15, 0.2) is 0 Å². The van der Waals surface area contributed by atoms with Crippen molar-refractivity contribution in [3.05, 3.63) is 99.9 Å². The van der Waals surface area contributed by atoms with E-state index >= 15 is 0 Å². The van der Waals surface area contributed by atoms with Crippen molar-refractivity contribution in [3.8, 4) is 0 Å². The quantitative estimate of drug-likeness (QED) is 0.304. The predicted molar refractivity (Wildman–Crippen MR) is 144 cm³/mol. The van der Waals surface area contributed by atoms with E-state index in [4.69, 9.17) is 16.3 Å². The molecule has 6 nitrogen and oxygen atoms in total. The molecule has 9 heteroatoms. The Bertz CT molecular complexity index is 1340. The Hall–Kier alpha value is -3.20. The predicted octanol–water partition coefficient (Wildman–Crippen LogP) is 6.12. The van der Waals surface area contributed by atoms with Gasteiger partial charge in [-0.15, -0.1) is 0 Å². The van der Waals surface area contributed by atoms with Crippen LogP contribution in [0, 0.1) is 6.92 Å². The molecule has 1 spiro atoms. The molecule has 0 unspecified atom stereocenters. The Morgan fingerprint density at radius 3 is 2.31 bits per heavy atom. The third-order valence-electron chi connectivity index (χ3n) is 5.45. The fourth-order valence-corrected chi connectivity index (χ4v) is 6.78. The highest BCUT2D eigenvalue weighted by atomic mass is 35.5. The maximum Gasteiger partial charge on any atom is 0.365 e. The molecule has 0 bridgehead atoms. The van der Waals surface area contributed by atoms with E-state index in [1.165, 1.54) is 30.6 Å². The van der Waals surface area contributed by atoms with Gasteiger partial charge in [0.1, 0.15) is 0 Å². The number of aryl methyl sites for hydroxylation is 1. The topological polar surface area (TPSA) is 62.2 Å². The van der Waals surface area contributed by atoms with E-state index in [9.17, 15) is 9.59 Å². The van der Waals surface area contributed by atoms with Crippen LogP contribution in [-0.2, 0) is 14.3 Å². The summed E-state index contributed by atoms with van der Waals surface area (Å²) in [6.45, 7) is 2.02. The van der Waals surface area contributed by atoms with Gasteiger partial charge in [-0.1, -0.05) is 71.4 Å². The second kappa shape index (κ2) is 9.45. The molecule has 1 atom stereocenters. The number of carbonyl (C=O) groups is 2. The molecule has 1 fully saturated rings. The zero-order valence-electron chi connectivity index (χ0n) is 18.8. The Morgan fingerprint density at radius 2 is 1.66 bits per heavy atom. The highest BCUT2D eigenvalue weighted by Gasteiger charge is 2.60. The Morgan fingerprint density at radius 1 is 0.971 bits per heavy atom. The fourth-order valence-electron chi connectivity index (χ4n) is 3.75. The molecule has 2 aliphatic heterocycles. The minimum absolute atomic E-state index is 0.153. The lowest BCUT2D eigenvalue weighted by Crippen LogP contribution is -2.51. The van der Waals surface area contributed by atoms with E-state index in [1.54, 1.807) is 22.0 Å². The molecule has 0 aromatic heterocycles. The average molecular weight is 522 g/mol. The number of hydrogen-bond donors (Lipinski definition) is 0. The van der Waals surface area contributed by atoms with Crippen molar-refractivity contribution in [1.29, 1.82) is 0 Å². The van der Waals surface area contributed by atoms with Crippen LogP contribution in [0.25, 0.3) is 6.08 Å². The summed E-state index contributed by atoms with van der Waals surface area (Å²) in [5.41, 5.74) is 3.41. The Balaban J connectivity index is 1.68. The van der Waals surface area contributed by atoms with E-state index in [2.05, 4.69) is 5.10 Å². The summed E-state index contributed by atoms with van der Waals surface area (Å²) in [5, 5.41) is 7.02. The number of esters is 1. The standard InChI is InChI=1S/C26H20ClN3O3S2/c1-17-8-10-18(11-9-17)16-22-24(31)29(20-6-4-3-5-7-20)26(34-22)30(21-14-12-19(27)13-15-21)28-23(35-26)25(32)33-2/h3-16H,1-2H3/b22-16-/t26-/m0/s1. The van der Waals surface area contributed by atoms with Gasteiger partial charge in [-0.05, 0) is 66.7 Å². The fraction of sp³-hybridized carbons (Fsp3) is 0.115. The van der Waals surface area contributed by atoms with Crippen LogP contribution in [-0.4, -0.2) is 28.4 Å². The van der Waals surface area contributed by atoms with Gasteiger partial charge >= 0.3 is 5.97 Å². The number of hydrogen-bond acceptors (Lipinski definition) is 7. The summed E-state index contributed by atoms with van der Waals surface area (Å²) in [7, 11) is 1.31. The summed E-state index contributed by atoms with van der Waals surface area (Å²) in [6.07, 6.45) is 1.87. The molecule has 0 radical (unpaired) electrons.